The molecule has 4 heteroatoms. The highest BCUT2D eigenvalue weighted by Crippen LogP contribution is 2.23. The first kappa shape index (κ1) is 17.9. The van der Waals surface area contributed by atoms with Crippen molar-refractivity contribution in [1.82, 2.24) is 9.97 Å². The van der Waals surface area contributed by atoms with Crippen LogP contribution in [0.2, 0.25) is 0 Å². The molecule has 26 heavy (non-hydrogen) atoms. The summed E-state index contributed by atoms with van der Waals surface area (Å²) in [5, 5.41) is 3.46. The first-order chi connectivity index (χ1) is 12.6. The van der Waals surface area contributed by atoms with E-state index < -0.39 is 0 Å². The van der Waals surface area contributed by atoms with Crippen LogP contribution in [0.5, 0.6) is 0 Å². The molecule has 4 nitrogen and oxygen atoms in total. The molecule has 0 aliphatic rings. The maximum absolute atomic E-state index is 4.77. The lowest BCUT2D eigenvalue weighted by atomic mass is 10.1. The van der Waals surface area contributed by atoms with Crippen molar-refractivity contribution in [3.05, 3.63) is 77.0 Å². The molecule has 0 fully saturated rings. The highest BCUT2D eigenvalue weighted by Gasteiger charge is 2.11. The summed E-state index contributed by atoms with van der Waals surface area (Å²) in [6.45, 7) is 10.0. The van der Waals surface area contributed by atoms with E-state index >= 15 is 0 Å². The lowest BCUT2D eigenvalue weighted by Crippen LogP contribution is -2.24. The van der Waals surface area contributed by atoms with Crippen molar-refractivity contribution in [2.45, 2.75) is 34.2 Å². The van der Waals surface area contributed by atoms with Gasteiger partial charge in [0.05, 0.1) is 0 Å². The number of aromatic nitrogens is 2. The van der Waals surface area contributed by atoms with Gasteiger partial charge in [0.25, 0.3) is 0 Å². The second-order valence-electron chi connectivity index (χ2n) is 6.57. The maximum atomic E-state index is 4.77. The molecule has 1 N–H and O–H groups in total. The van der Waals surface area contributed by atoms with E-state index in [9.17, 15) is 0 Å². The van der Waals surface area contributed by atoms with E-state index in [1.807, 2.05) is 19.1 Å². The van der Waals surface area contributed by atoms with Crippen molar-refractivity contribution in [3.8, 4) is 0 Å². The number of aryl methyl sites for hydroxylation is 2. The number of nitrogens with zero attached hydrogens (tertiary/aromatic N) is 3. The smallest absolute Gasteiger partial charge is 0.227 e. The third-order valence-electron chi connectivity index (χ3n) is 4.59. The Labute approximate surface area is 155 Å². The Morgan fingerprint density at radius 2 is 1.69 bits per heavy atom. The van der Waals surface area contributed by atoms with Crippen LogP contribution in [0.1, 0.15) is 29.3 Å². The molecule has 3 rings (SSSR count). The molecule has 134 valence electrons. The highest BCUT2D eigenvalue weighted by molar-refractivity contribution is 5.63. The van der Waals surface area contributed by atoms with Crippen molar-refractivity contribution < 1.29 is 0 Å². The number of hydrogen-bond acceptors (Lipinski definition) is 4. The highest BCUT2D eigenvalue weighted by atomic mass is 15.3. The summed E-state index contributed by atoms with van der Waals surface area (Å²) in [4.78, 5) is 11.6. The Balaban J connectivity index is 1.87. The Hall–Kier alpha value is -2.88. The van der Waals surface area contributed by atoms with Crippen molar-refractivity contribution >= 4 is 17.5 Å². The second kappa shape index (κ2) is 8.00. The first-order valence-electron chi connectivity index (χ1n) is 9.04. The molecule has 0 spiro atoms. The van der Waals surface area contributed by atoms with E-state index in [0.717, 1.165) is 36.2 Å². The molecule has 0 saturated carbocycles. The van der Waals surface area contributed by atoms with Crippen LogP contribution >= 0.6 is 0 Å². The van der Waals surface area contributed by atoms with Crippen molar-refractivity contribution in [3.63, 3.8) is 0 Å². The zero-order valence-corrected chi connectivity index (χ0v) is 16.0. The summed E-state index contributed by atoms with van der Waals surface area (Å²) in [5.74, 6) is 1.58. The fourth-order valence-corrected chi connectivity index (χ4v) is 2.91. The lowest BCUT2D eigenvalue weighted by molar-refractivity contribution is 0.788. The summed E-state index contributed by atoms with van der Waals surface area (Å²) in [5.41, 5.74) is 5.79. The van der Waals surface area contributed by atoms with Crippen LogP contribution in [0.15, 0.2) is 54.6 Å². The molecule has 0 radical (unpaired) electrons. The SMILES string of the molecule is CCN(Cc1ccccc1)c1nc(C)cc(Nc2cccc(C)c2C)n1. The summed E-state index contributed by atoms with van der Waals surface area (Å²) >= 11 is 0. The zero-order chi connectivity index (χ0) is 18.5. The molecular formula is C22H26N4. The molecule has 0 amide bonds. The Bertz CT molecular complexity index is 875. The van der Waals surface area contributed by atoms with E-state index in [1.165, 1.54) is 16.7 Å². The molecule has 2 aromatic carbocycles. The van der Waals surface area contributed by atoms with Gasteiger partial charge in [-0.25, -0.2) is 4.98 Å². The van der Waals surface area contributed by atoms with Gasteiger partial charge in [-0.1, -0.05) is 42.5 Å². The van der Waals surface area contributed by atoms with Crippen LogP contribution < -0.4 is 10.2 Å². The van der Waals surface area contributed by atoms with Crippen molar-refractivity contribution in [1.29, 1.82) is 0 Å². The molecule has 0 atom stereocenters. The fourth-order valence-electron chi connectivity index (χ4n) is 2.91. The van der Waals surface area contributed by atoms with Crippen LogP contribution in [0.25, 0.3) is 0 Å². The van der Waals surface area contributed by atoms with Gasteiger partial charge in [0.15, 0.2) is 0 Å². The molecule has 0 saturated heterocycles. The minimum absolute atomic E-state index is 0.754. The monoisotopic (exact) mass is 346 g/mol. The number of nitrogens with one attached hydrogen (secondary N) is 1. The van der Waals surface area contributed by atoms with Crippen LogP contribution in [0.3, 0.4) is 0 Å². The predicted octanol–water partition coefficient (Wildman–Crippen LogP) is 5.17. The molecule has 3 aromatic rings. The minimum Gasteiger partial charge on any atom is -0.340 e. The van der Waals surface area contributed by atoms with E-state index in [4.69, 9.17) is 4.98 Å². The number of anilines is 3. The molecule has 0 aliphatic heterocycles. The molecule has 1 aromatic heterocycles. The Morgan fingerprint density at radius 1 is 0.923 bits per heavy atom. The minimum atomic E-state index is 0.754. The fraction of sp³-hybridized carbons (Fsp3) is 0.273. The summed E-state index contributed by atoms with van der Waals surface area (Å²) < 4.78 is 0. The quantitative estimate of drug-likeness (QED) is 0.668. The standard InChI is InChI=1S/C22H26N4/c1-5-26(15-19-11-7-6-8-12-19)22-23-17(3)14-21(25-22)24-20-13-9-10-16(2)18(20)4/h6-14H,5,15H2,1-4H3,(H,23,24,25). The molecule has 0 bridgehead atoms. The van der Waals surface area contributed by atoms with Gasteiger partial charge in [0.1, 0.15) is 5.82 Å². The third kappa shape index (κ3) is 4.20. The van der Waals surface area contributed by atoms with Gasteiger partial charge in [-0.3, -0.25) is 0 Å². The largest absolute Gasteiger partial charge is 0.340 e. The predicted molar refractivity (Wildman–Crippen MR) is 109 cm³/mol. The van der Waals surface area contributed by atoms with Crippen LogP contribution in [-0.4, -0.2) is 16.5 Å². The van der Waals surface area contributed by atoms with Gasteiger partial charge in [-0.05, 0) is 50.5 Å². The van der Waals surface area contributed by atoms with Crippen LogP contribution in [-0.2, 0) is 6.54 Å². The number of benzene rings is 2. The average Bonchev–Trinajstić information content (AvgIpc) is 2.64. The maximum Gasteiger partial charge on any atom is 0.227 e. The van der Waals surface area contributed by atoms with Gasteiger partial charge < -0.3 is 10.2 Å². The number of rotatable bonds is 6. The van der Waals surface area contributed by atoms with Gasteiger partial charge in [0, 0.05) is 30.5 Å². The van der Waals surface area contributed by atoms with Crippen molar-refractivity contribution in [2.75, 3.05) is 16.8 Å². The van der Waals surface area contributed by atoms with E-state index in [2.05, 4.69) is 78.4 Å². The number of hydrogen-bond donors (Lipinski definition) is 1. The summed E-state index contributed by atoms with van der Waals surface area (Å²) in [6, 6.07) is 18.7. The molecule has 0 aliphatic carbocycles. The van der Waals surface area contributed by atoms with Gasteiger partial charge in [-0.2, -0.15) is 4.98 Å². The second-order valence-corrected chi connectivity index (χ2v) is 6.57. The molecule has 1 heterocycles. The Morgan fingerprint density at radius 3 is 2.42 bits per heavy atom. The van der Waals surface area contributed by atoms with E-state index in [0.29, 0.717) is 0 Å². The van der Waals surface area contributed by atoms with Gasteiger partial charge in [-0.15, -0.1) is 0 Å². The topological polar surface area (TPSA) is 41.1 Å². The van der Waals surface area contributed by atoms with Crippen molar-refractivity contribution in [2.24, 2.45) is 0 Å². The molecular weight excluding hydrogens is 320 g/mol. The van der Waals surface area contributed by atoms with E-state index in [-0.39, 0.29) is 0 Å². The molecule has 0 unspecified atom stereocenters. The van der Waals surface area contributed by atoms with Crippen LogP contribution in [0.4, 0.5) is 17.5 Å². The van der Waals surface area contributed by atoms with Gasteiger partial charge in [0.2, 0.25) is 5.95 Å². The first-order valence-corrected chi connectivity index (χ1v) is 9.04. The normalized spacial score (nSPS) is 10.6. The average molecular weight is 346 g/mol. The van der Waals surface area contributed by atoms with E-state index in [1.54, 1.807) is 0 Å². The lowest BCUT2D eigenvalue weighted by Gasteiger charge is -2.22. The summed E-state index contributed by atoms with van der Waals surface area (Å²) in [6.07, 6.45) is 0. The Kier molecular flexibility index (Phi) is 5.52. The van der Waals surface area contributed by atoms with Crippen LogP contribution in [0, 0.1) is 20.8 Å². The zero-order valence-electron chi connectivity index (χ0n) is 16.0. The van der Waals surface area contributed by atoms with Gasteiger partial charge >= 0.3 is 0 Å². The third-order valence-corrected chi connectivity index (χ3v) is 4.59. The summed E-state index contributed by atoms with van der Waals surface area (Å²) in [7, 11) is 0.